The van der Waals surface area contributed by atoms with Crippen molar-refractivity contribution in [1.29, 1.82) is 0 Å². The number of anilines is 1. The molecule has 2 fully saturated rings. The molecule has 1 aliphatic heterocycles. The minimum Gasteiger partial charge on any atom is -0.496 e. The molecule has 0 saturated heterocycles. The van der Waals surface area contributed by atoms with Crippen molar-refractivity contribution in [2.24, 2.45) is 17.8 Å². The molecule has 0 aromatic heterocycles. The third kappa shape index (κ3) is 2.16. The molecule has 1 heterocycles. The predicted molar refractivity (Wildman–Crippen MR) is 99.5 cm³/mol. The molecule has 2 aromatic carbocycles. The molecule has 1 N–H and O–H groups in total. The summed E-state index contributed by atoms with van der Waals surface area (Å²) >= 11 is 0. The van der Waals surface area contributed by atoms with Crippen LogP contribution >= 0.6 is 0 Å². The van der Waals surface area contributed by atoms with E-state index in [1.165, 1.54) is 24.8 Å². The first-order chi connectivity index (χ1) is 12.7. The number of rotatable bonds is 3. The fourth-order valence-corrected chi connectivity index (χ4v) is 5.82. The normalized spacial score (nSPS) is 31.0. The maximum Gasteiger partial charge on any atom is 0.269 e. The van der Waals surface area contributed by atoms with Crippen molar-refractivity contribution in [3.8, 4) is 5.75 Å². The Morgan fingerprint density at radius 2 is 1.92 bits per heavy atom. The fourth-order valence-electron chi connectivity index (χ4n) is 5.82. The Labute approximate surface area is 152 Å². The van der Waals surface area contributed by atoms with Gasteiger partial charge in [-0.15, -0.1) is 0 Å². The zero-order valence-corrected chi connectivity index (χ0v) is 14.7. The number of nitrogens with zero attached hydrogens (tertiary/aromatic N) is 1. The molecule has 2 saturated carbocycles. The van der Waals surface area contributed by atoms with Crippen LogP contribution in [0.1, 0.15) is 42.3 Å². The summed E-state index contributed by atoms with van der Waals surface area (Å²) in [6.07, 6.45) is 3.75. The van der Waals surface area contributed by atoms with Gasteiger partial charge in [0.2, 0.25) is 0 Å². The summed E-state index contributed by atoms with van der Waals surface area (Å²) in [5.41, 5.74) is 3.58. The number of nitro benzene ring substituents is 1. The highest BCUT2D eigenvalue weighted by molar-refractivity contribution is 5.63. The summed E-state index contributed by atoms with van der Waals surface area (Å²) in [4.78, 5) is 11.0. The second-order valence-electron chi connectivity index (χ2n) is 7.83. The lowest BCUT2D eigenvalue weighted by Gasteiger charge is -2.43. The third-order valence-electron chi connectivity index (χ3n) is 6.76. The van der Waals surface area contributed by atoms with Crippen LogP contribution in [-0.4, -0.2) is 12.0 Å². The van der Waals surface area contributed by atoms with E-state index in [1.54, 1.807) is 19.2 Å². The van der Waals surface area contributed by atoms with E-state index < -0.39 is 0 Å². The van der Waals surface area contributed by atoms with Gasteiger partial charge in [0.1, 0.15) is 5.75 Å². The standard InChI is InChI=1S/C21H22N2O3/c1-26-18-5-3-2-4-15(18)21-20-13-7-6-12(10-13)19(20)16-11-14(23(24)25)8-9-17(16)22-21/h2-5,8-9,11-13,19-22H,6-7,10H2,1H3/t12-,13-,19-,20+,21-/m0/s1. The lowest BCUT2D eigenvalue weighted by molar-refractivity contribution is -0.384. The Morgan fingerprint density at radius 1 is 1.12 bits per heavy atom. The van der Waals surface area contributed by atoms with Crippen LogP contribution < -0.4 is 10.1 Å². The minimum atomic E-state index is -0.283. The van der Waals surface area contributed by atoms with Crippen molar-refractivity contribution in [2.75, 3.05) is 12.4 Å². The number of fused-ring (bicyclic) bond motifs is 7. The van der Waals surface area contributed by atoms with Gasteiger partial charge in [0.25, 0.3) is 5.69 Å². The zero-order valence-electron chi connectivity index (χ0n) is 14.7. The predicted octanol–water partition coefficient (Wildman–Crippen LogP) is 4.90. The summed E-state index contributed by atoms with van der Waals surface area (Å²) in [6, 6.07) is 13.7. The number of non-ortho nitro benzene ring substituents is 1. The number of methoxy groups -OCH3 is 1. The SMILES string of the molecule is COc1ccccc1[C@@H]1Nc2ccc([N+](=O)[O-])cc2[C@@H]2[C@H]3CC[C@@H](C3)[C@H]21. The third-order valence-corrected chi connectivity index (χ3v) is 6.76. The van der Waals surface area contributed by atoms with E-state index in [0.29, 0.717) is 23.7 Å². The maximum atomic E-state index is 11.3. The van der Waals surface area contributed by atoms with Crippen LogP contribution in [0.4, 0.5) is 11.4 Å². The molecule has 5 rings (SSSR count). The Morgan fingerprint density at radius 3 is 2.73 bits per heavy atom. The highest BCUT2D eigenvalue weighted by atomic mass is 16.6. The van der Waals surface area contributed by atoms with Gasteiger partial charge in [0.15, 0.2) is 0 Å². The van der Waals surface area contributed by atoms with E-state index in [1.807, 2.05) is 18.2 Å². The van der Waals surface area contributed by atoms with Crippen molar-refractivity contribution < 1.29 is 9.66 Å². The molecule has 26 heavy (non-hydrogen) atoms. The van der Waals surface area contributed by atoms with Gasteiger partial charge in [-0.1, -0.05) is 18.2 Å². The Balaban J connectivity index is 1.65. The van der Waals surface area contributed by atoms with Crippen molar-refractivity contribution in [3.63, 3.8) is 0 Å². The summed E-state index contributed by atoms with van der Waals surface area (Å²) in [5, 5.41) is 15.0. The molecule has 134 valence electrons. The Hall–Kier alpha value is -2.56. The van der Waals surface area contributed by atoms with Crippen molar-refractivity contribution in [2.45, 2.75) is 31.2 Å². The fraction of sp³-hybridized carbons (Fsp3) is 0.429. The van der Waals surface area contributed by atoms with Gasteiger partial charge >= 0.3 is 0 Å². The van der Waals surface area contributed by atoms with E-state index in [0.717, 1.165) is 17.0 Å². The van der Waals surface area contributed by atoms with Crippen LogP contribution in [0.3, 0.4) is 0 Å². The minimum absolute atomic E-state index is 0.195. The van der Waals surface area contributed by atoms with Gasteiger partial charge in [0.05, 0.1) is 18.1 Å². The molecule has 5 nitrogen and oxygen atoms in total. The molecule has 3 aliphatic rings. The molecule has 0 amide bonds. The highest BCUT2D eigenvalue weighted by Crippen LogP contribution is 2.64. The van der Waals surface area contributed by atoms with E-state index >= 15 is 0 Å². The Bertz CT molecular complexity index is 881. The molecule has 0 unspecified atom stereocenters. The second-order valence-corrected chi connectivity index (χ2v) is 7.83. The number of hydrogen-bond donors (Lipinski definition) is 1. The first-order valence-electron chi connectivity index (χ1n) is 9.35. The molecule has 5 atom stereocenters. The quantitative estimate of drug-likeness (QED) is 0.632. The van der Waals surface area contributed by atoms with Crippen LogP contribution in [0.2, 0.25) is 0 Å². The lowest BCUT2D eigenvalue weighted by atomic mass is 9.68. The second kappa shape index (κ2) is 5.73. The van der Waals surface area contributed by atoms with Gasteiger partial charge in [0, 0.05) is 23.4 Å². The van der Waals surface area contributed by atoms with Crippen LogP contribution in [0.5, 0.6) is 5.75 Å². The van der Waals surface area contributed by atoms with Crippen molar-refractivity contribution >= 4 is 11.4 Å². The summed E-state index contributed by atoms with van der Waals surface area (Å²) in [7, 11) is 1.72. The topological polar surface area (TPSA) is 64.4 Å². The van der Waals surface area contributed by atoms with E-state index in [9.17, 15) is 10.1 Å². The van der Waals surface area contributed by atoms with Gasteiger partial charge in [-0.05, 0) is 60.6 Å². The Kier molecular flexibility index (Phi) is 3.45. The summed E-state index contributed by atoms with van der Waals surface area (Å²) < 4.78 is 5.64. The van der Waals surface area contributed by atoms with Crippen LogP contribution in [-0.2, 0) is 0 Å². The zero-order chi connectivity index (χ0) is 17.8. The van der Waals surface area contributed by atoms with Crippen molar-refractivity contribution in [3.05, 3.63) is 63.7 Å². The van der Waals surface area contributed by atoms with Crippen LogP contribution in [0, 0.1) is 27.9 Å². The molecular formula is C21H22N2O3. The number of nitrogens with one attached hydrogen (secondary N) is 1. The molecule has 2 aliphatic carbocycles. The molecular weight excluding hydrogens is 328 g/mol. The average molecular weight is 350 g/mol. The molecule has 5 heteroatoms. The number of para-hydroxylation sites is 1. The monoisotopic (exact) mass is 350 g/mol. The van der Waals surface area contributed by atoms with Gasteiger partial charge in [-0.25, -0.2) is 0 Å². The van der Waals surface area contributed by atoms with Crippen LogP contribution in [0.25, 0.3) is 0 Å². The van der Waals surface area contributed by atoms with E-state index in [4.69, 9.17) is 4.74 Å². The van der Waals surface area contributed by atoms with Gasteiger partial charge in [-0.2, -0.15) is 0 Å². The molecule has 0 spiro atoms. The maximum absolute atomic E-state index is 11.3. The van der Waals surface area contributed by atoms with Gasteiger partial charge < -0.3 is 10.1 Å². The van der Waals surface area contributed by atoms with E-state index in [2.05, 4.69) is 17.4 Å². The number of nitro groups is 1. The first kappa shape index (κ1) is 15.7. The largest absolute Gasteiger partial charge is 0.496 e. The summed E-state index contributed by atoms with van der Waals surface area (Å²) in [5.74, 6) is 3.11. The molecule has 2 aromatic rings. The van der Waals surface area contributed by atoms with Crippen molar-refractivity contribution in [1.82, 2.24) is 0 Å². The number of ether oxygens (including phenoxy) is 1. The summed E-state index contributed by atoms with van der Waals surface area (Å²) in [6.45, 7) is 0. The number of benzene rings is 2. The van der Waals surface area contributed by atoms with E-state index in [-0.39, 0.29) is 16.7 Å². The average Bonchev–Trinajstić information content (AvgIpc) is 3.29. The lowest BCUT2D eigenvalue weighted by Crippen LogP contribution is -2.35. The number of hydrogen-bond acceptors (Lipinski definition) is 4. The highest BCUT2D eigenvalue weighted by Gasteiger charge is 2.54. The molecule has 0 radical (unpaired) electrons. The molecule has 2 bridgehead atoms. The smallest absolute Gasteiger partial charge is 0.269 e. The first-order valence-corrected chi connectivity index (χ1v) is 9.35. The van der Waals surface area contributed by atoms with Crippen LogP contribution in [0.15, 0.2) is 42.5 Å². The van der Waals surface area contributed by atoms with Gasteiger partial charge in [-0.3, -0.25) is 10.1 Å².